The minimum atomic E-state index is -0.0101. The van der Waals surface area contributed by atoms with Crippen LogP contribution in [0, 0.1) is 0 Å². The number of para-hydroxylation sites is 1. The van der Waals surface area contributed by atoms with Crippen LogP contribution in [0.1, 0.15) is 26.2 Å². The van der Waals surface area contributed by atoms with Crippen LogP contribution in [-0.2, 0) is 4.79 Å². The average molecular weight is 310 g/mol. The fraction of sp³-hybridized carbons (Fsp3) is 0.562. The summed E-state index contributed by atoms with van der Waals surface area (Å²) < 4.78 is 0. The highest BCUT2D eigenvalue weighted by molar-refractivity contribution is 6.33. The van der Waals surface area contributed by atoms with Crippen molar-refractivity contribution in [3.8, 4) is 0 Å². The van der Waals surface area contributed by atoms with E-state index < -0.39 is 0 Å². The molecule has 1 aliphatic rings. The fourth-order valence-corrected chi connectivity index (χ4v) is 2.99. The van der Waals surface area contributed by atoms with Gasteiger partial charge in [0.05, 0.1) is 10.7 Å². The number of hydrogen-bond donors (Lipinski definition) is 1. The van der Waals surface area contributed by atoms with E-state index in [2.05, 4.69) is 11.8 Å². The number of carbonyl (C=O) groups excluding carboxylic acids is 1. The second kappa shape index (κ2) is 7.66. The highest BCUT2D eigenvalue weighted by atomic mass is 35.5. The van der Waals surface area contributed by atoms with Crippen LogP contribution >= 0.6 is 11.6 Å². The summed E-state index contributed by atoms with van der Waals surface area (Å²) in [7, 11) is 0. The molecule has 1 saturated heterocycles. The van der Waals surface area contributed by atoms with Crippen molar-refractivity contribution in [1.29, 1.82) is 0 Å². The zero-order valence-electron chi connectivity index (χ0n) is 12.6. The molecule has 0 aliphatic carbocycles. The monoisotopic (exact) mass is 309 g/mol. The van der Waals surface area contributed by atoms with Crippen molar-refractivity contribution in [1.82, 2.24) is 4.90 Å². The van der Waals surface area contributed by atoms with Gasteiger partial charge in [-0.1, -0.05) is 37.1 Å². The van der Waals surface area contributed by atoms with Crippen molar-refractivity contribution >= 4 is 23.2 Å². The molecule has 0 spiro atoms. The van der Waals surface area contributed by atoms with Gasteiger partial charge in [-0.25, -0.2) is 0 Å². The molecule has 1 fully saturated rings. The maximum absolute atomic E-state index is 12.2. The van der Waals surface area contributed by atoms with E-state index in [0.717, 1.165) is 49.7 Å². The molecule has 1 aromatic rings. The molecule has 2 rings (SSSR count). The molecule has 1 aromatic carbocycles. The van der Waals surface area contributed by atoms with Gasteiger partial charge in [-0.2, -0.15) is 0 Å². The predicted octanol–water partition coefficient (Wildman–Crippen LogP) is 2.51. The van der Waals surface area contributed by atoms with Gasteiger partial charge in [0.2, 0.25) is 5.91 Å². The van der Waals surface area contributed by atoms with E-state index in [0.29, 0.717) is 6.42 Å². The predicted molar refractivity (Wildman–Crippen MR) is 87.7 cm³/mol. The summed E-state index contributed by atoms with van der Waals surface area (Å²) in [6.07, 6.45) is 2.39. The van der Waals surface area contributed by atoms with Gasteiger partial charge in [0, 0.05) is 38.6 Å². The molecule has 4 nitrogen and oxygen atoms in total. The Morgan fingerprint density at radius 2 is 1.95 bits per heavy atom. The SMILES string of the molecule is CCCC(N)CC(=O)N1CCN(c2ccccc2Cl)CC1. The first-order chi connectivity index (χ1) is 10.1. The Morgan fingerprint density at radius 1 is 1.29 bits per heavy atom. The lowest BCUT2D eigenvalue weighted by Crippen LogP contribution is -2.49. The van der Waals surface area contributed by atoms with Gasteiger partial charge in [-0.15, -0.1) is 0 Å². The van der Waals surface area contributed by atoms with Gasteiger partial charge < -0.3 is 15.5 Å². The Morgan fingerprint density at radius 3 is 2.57 bits per heavy atom. The molecule has 1 heterocycles. The van der Waals surface area contributed by atoms with E-state index in [9.17, 15) is 4.79 Å². The molecule has 1 unspecified atom stereocenters. The van der Waals surface area contributed by atoms with E-state index in [1.165, 1.54) is 0 Å². The number of rotatable bonds is 5. The van der Waals surface area contributed by atoms with Crippen LogP contribution in [0.4, 0.5) is 5.69 Å². The van der Waals surface area contributed by atoms with Gasteiger partial charge in [-0.3, -0.25) is 4.79 Å². The summed E-state index contributed by atoms with van der Waals surface area (Å²) in [4.78, 5) is 16.3. The van der Waals surface area contributed by atoms with E-state index in [1.54, 1.807) is 0 Å². The molecule has 2 N–H and O–H groups in total. The molecular weight excluding hydrogens is 286 g/mol. The lowest BCUT2D eigenvalue weighted by atomic mass is 10.1. The maximum atomic E-state index is 12.2. The number of piperazine rings is 1. The van der Waals surface area contributed by atoms with E-state index >= 15 is 0 Å². The molecule has 1 atom stereocenters. The van der Waals surface area contributed by atoms with Gasteiger partial charge in [-0.05, 0) is 18.6 Å². The molecular formula is C16H24ClN3O. The zero-order chi connectivity index (χ0) is 15.2. The number of amides is 1. The number of benzene rings is 1. The first kappa shape index (κ1) is 16.1. The highest BCUT2D eigenvalue weighted by Crippen LogP contribution is 2.26. The lowest BCUT2D eigenvalue weighted by Gasteiger charge is -2.36. The maximum Gasteiger partial charge on any atom is 0.224 e. The van der Waals surface area contributed by atoms with Crippen LogP contribution in [0.5, 0.6) is 0 Å². The Kier molecular flexibility index (Phi) is 5.88. The Balaban J connectivity index is 1.86. The van der Waals surface area contributed by atoms with E-state index in [4.69, 9.17) is 17.3 Å². The second-order valence-electron chi connectivity index (χ2n) is 5.57. The Bertz CT molecular complexity index is 472. The first-order valence-electron chi connectivity index (χ1n) is 7.64. The van der Waals surface area contributed by atoms with Gasteiger partial charge in [0.25, 0.3) is 0 Å². The molecule has 0 bridgehead atoms. The number of nitrogens with two attached hydrogens (primary N) is 1. The fourth-order valence-electron chi connectivity index (χ4n) is 2.73. The molecule has 1 amide bonds. The van der Waals surface area contributed by atoms with Crippen LogP contribution in [0.25, 0.3) is 0 Å². The normalized spacial score (nSPS) is 16.9. The zero-order valence-corrected chi connectivity index (χ0v) is 13.4. The topological polar surface area (TPSA) is 49.6 Å². The standard InChI is InChI=1S/C16H24ClN3O/c1-2-5-13(18)12-16(21)20-10-8-19(9-11-20)15-7-4-3-6-14(15)17/h3-4,6-7,13H,2,5,8-12,18H2,1H3. The number of anilines is 1. The quantitative estimate of drug-likeness (QED) is 0.909. The van der Waals surface area contributed by atoms with Crippen molar-refractivity contribution in [2.24, 2.45) is 5.73 Å². The van der Waals surface area contributed by atoms with Crippen molar-refractivity contribution in [2.75, 3.05) is 31.1 Å². The summed E-state index contributed by atoms with van der Waals surface area (Å²) in [6, 6.07) is 7.84. The number of hydrogen-bond acceptors (Lipinski definition) is 3. The first-order valence-corrected chi connectivity index (χ1v) is 8.02. The third-order valence-electron chi connectivity index (χ3n) is 3.92. The van der Waals surface area contributed by atoms with Crippen LogP contribution in [0.2, 0.25) is 5.02 Å². The van der Waals surface area contributed by atoms with Crippen LogP contribution in [0.3, 0.4) is 0 Å². The largest absolute Gasteiger partial charge is 0.367 e. The smallest absolute Gasteiger partial charge is 0.224 e. The van der Waals surface area contributed by atoms with Crippen LogP contribution in [0.15, 0.2) is 24.3 Å². The van der Waals surface area contributed by atoms with Crippen LogP contribution < -0.4 is 10.6 Å². The third-order valence-corrected chi connectivity index (χ3v) is 4.24. The number of halogens is 1. The summed E-state index contributed by atoms with van der Waals surface area (Å²) >= 11 is 6.22. The van der Waals surface area contributed by atoms with Crippen molar-refractivity contribution in [3.05, 3.63) is 29.3 Å². The van der Waals surface area contributed by atoms with Crippen molar-refractivity contribution in [3.63, 3.8) is 0 Å². The third kappa shape index (κ3) is 4.35. The van der Waals surface area contributed by atoms with Crippen molar-refractivity contribution < 1.29 is 4.79 Å². The van der Waals surface area contributed by atoms with Gasteiger partial charge in [0.1, 0.15) is 0 Å². The molecule has 21 heavy (non-hydrogen) atoms. The Labute approximate surface area is 131 Å². The number of nitrogens with zero attached hydrogens (tertiary/aromatic N) is 2. The van der Waals surface area contributed by atoms with Crippen molar-refractivity contribution in [2.45, 2.75) is 32.2 Å². The molecule has 116 valence electrons. The van der Waals surface area contributed by atoms with E-state index in [-0.39, 0.29) is 11.9 Å². The van der Waals surface area contributed by atoms with Crippen LogP contribution in [-0.4, -0.2) is 43.0 Å². The summed E-state index contributed by atoms with van der Waals surface area (Å²) in [6.45, 7) is 5.20. The average Bonchev–Trinajstić information content (AvgIpc) is 2.48. The molecule has 1 aliphatic heterocycles. The van der Waals surface area contributed by atoms with Gasteiger partial charge in [0.15, 0.2) is 0 Å². The lowest BCUT2D eigenvalue weighted by molar-refractivity contribution is -0.131. The second-order valence-corrected chi connectivity index (χ2v) is 5.98. The molecule has 5 heteroatoms. The Hall–Kier alpha value is -1.26. The summed E-state index contributed by atoms with van der Waals surface area (Å²) in [5, 5.41) is 0.766. The minimum Gasteiger partial charge on any atom is -0.367 e. The molecule has 0 radical (unpaired) electrons. The van der Waals surface area contributed by atoms with Gasteiger partial charge >= 0.3 is 0 Å². The number of carbonyl (C=O) groups is 1. The molecule has 0 saturated carbocycles. The highest BCUT2D eigenvalue weighted by Gasteiger charge is 2.23. The summed E-state index contributed by atoms with van der Waals surface area (Å²) in [5.41, 5.74) is 7.00. The molecule has 0 aromatic heterocycles. The van der Waals surface area contributed by atoms with E-state index in [1.807, 2.05) is 29.2 Å². The minimum absolute atomic E-state index is 0.0101. The summed E-state index contributed by atoms with van der Waals surface area (Å²) in [5.74, 6) is 0.176.